The van der Waals surface area contributed by atoms with E-state index in [0.29, 0.717) is 17.7 Å². The SMILES string of the molecule is NC(=NCCc1ccccc1OC(F)F)Nc1ccc(OC(F)(F)F)cc1. The quantitative estimate of drug-likeness (QED) is 0.424. The summed E-state index contributed by atoms with van der Waals surface area (Å²) >= 11 is 0. The average Bonchev–Trinajstić information content (AvgIpc) is 2.56. The van der Waals surface area contributed by atoms with Gasteiger partial charge in [-0.25, -0.2) is 0 Å². The van der Waals surface area contributed by atoms with E-state index in [1.165, 1.54) is 18.2 Å². The average molecular weight is 389 g/mol. The Hall–Kier alpha value is -3.04. The van der Waals surface area contributed by atoms with Gasteiger partial charge in [0.05, 0.1) is 0 Å². The Morgan fingerprint density at radius 2 is 1.74 bits per heavy atom. The number of hydrogen-bond donors (Lipinski definition) is 2. The predicted octanol–water partition coefficient (Wildman–Crippen LogP) is 4.16. The molecule has 0 saturated carbocycles. The third kappa shape index (κ3) is 7.38. The van der Waals surface area contributed by atoms with Crippen LogP contribution in [0.1, 0.15) is 5.56 Å². The lowest BCUT2D eigenvalue weighted by Crippen LogP contribution is -2.23. The first-order valence-electron chi connectivity index (χ1n) is 7.68. The standard InChI is InChI=1S/C17H16F5N3O2/c18-15(19)26-14-4-2-1-3-11(14)9-10-24-16(23)25-12-5-7-13(8-6-12)27-17(20,21)22/h1-8,15H,9-10H2,(H3,23,24,25). The molecule has 0 fully saturated rings. The number of nitrogens with two attached hydrogens (primary N) is 1. The summed E-state index contributed by atoms with van der Waals surface area (Å²) in [7, 11) is 0. The van der Waals surface area contributed by atoms with Gasteiger partial charge in [0.2, 0.25) is 0 Å². The highest BCUT2D eigenvalue weighted by Gasteiger charge is 2.30. The van der Waals surface area contributed by atoms with Crippen LogP contribution in [-0.4, -0.2) is 25.5 Å². The summed E-state index contributed by atoms with van der Waals surface area (Å²) in [5.74, 6) is -0.277. The van der Waals surface area contributed by atoms with E-state index in [2.05, 4.69) is 19.8 Å². The molecule has 2 aromatic carbocycles. The minimum absolute atomic E-state index is 0.0201. The highest BCUT2D eigenvalue weighted by atomic mass is 19.4. The second-order valence-electron chi connectivity index (χ2n) is 5.20. The van der Waals surface area contributed by atoms with Gasteiger partial charge in [0.25, 0.3) is 0 Å². The summed E-state index contributed by atoms with van der Waals surface area (Å²) in [6.07, 6.45) is -4.45. The monoisotopic (exact) mass is 389 g/mol. The second kappa shape index (κ2) is 9.06. The molecule has 0 bridgehead atoms. The van der Waals surface area contributed by atoms with Crippen LogP contribution in [0.25, 0.3) is 0 Å². The van der Waals surface area contributed by atoms with Crippen LogP contribution >= 0.6 is 0 Å². The smallest absolute Gasteiger partial charge is 0.435 e. The molecule has 0 aliphatic rings. The molecule has 0 aliphatic heterocycles. The summed E-state index contributed by atoms with van der Waals surface area (Å²) in [4.78, 5) is 4.05. The van der Waals surface area contributed by atoms with E-state index in [1.807, 2.05) is 0 Å². The fraction of sp³-hybridized carbons (Fsp3) is 0.235. The molecule has 0 unspecified atom stereocenters. The maximum atomic E-state index is 12.4. The number of nitrogens with zero attached hydrogens (tertiary/aromatic N) is 1. The van der Waals surface area contributed by atoms with Crippen molar-refractivity contribution in [1.29, 1.82) is 0 Å². The zero-order chi connectivity index (χ0) is 19.9. The molecule has 0 atom stereocenters. The summed E-state index contributed by atoms with van der Waals surface area (Å²) < 4.78 is 69.2. The maximum Gasteiger partial charge on any atom is 0.573 e. The molecule has 0 aliphatic carbocycles. The lowest BCUT2D eigenvalue weighted by atomic mass is 10.1. The van der Waals surface area contributed by atoms with Crippen molar-refractivity contribution in [2.24, 2.45) is 10.7 Å². The predicted molar refractivity (Wildman–Crippen MR) is 90.0 cm³/mol. The van der Waals surface area contributed by atoms with E-state index in [4.69, 9.17) is 5.73 Å². The van der Waals surface area contributed by atoms with Crippen molar-refractivity contribution in [3.63, 3.8) is 0 Å². The van der Waals surface area contributed by atoms with Gasteiger partial charge < -0.3 is 20.5 Å². The summed E-state index contributed by atoms with van der Waals surface area (Å²) in [6.45, 7) is -2.73. The molecule has 0 aromatic heterocycles. The van der Waals surface area contributed by atoms with Gasteiger partial charge in [-0.1, -0.05) is 18.2 Å². The van der Waals surface area contributed by atoms with E-state index in [-0.39, 0.29) is 24.0 Å². The fourth-order valence-electron chi connectivity index (χ4n) is 2.15. The Morgan fingerprint density at radius 3 is 2.37 bits per heavy atom. The van der Waals surface area contributed by atoms with Crippen molar-refractivity contribution < 1.29 is 31.4 Å². The van der Waals surface area contributed by atoms with E-state index < -0.39 is 13.0 Å². The van der Waals surface area contributed by atoms with E-state index >= 15 is 0 Å². The molecule has 0 spiro atoms. The second-order valence-corrected chi connectivity index (χ2v) is 5.20. The molecule has 27 heavy (non-hydrogen) atoms. The Labute approximate surface area is 151 Å². The van der Waals surface area contributed by atoms with Crippen molar-refractivity contribution in [3.05, 3.63) is 54.1 Å². The Bertz CT molecular complexity index is 764. The molecule has 5 nitrogen and oxygen atoms in total. The van der Waals surface area contributed by atoms with Crippen LogP contribution in [0, 0.1) is 0 Å². The molecule has 146 valence electrons. The zero-order valence-corrected chi connectivity index (χ0v) is 13.8. The lowest BCUT2D eigenvalue weighted by molar-refractivity contribution is -0.274. The molecule has 0 amide bonds. The van der Waals surface area contributed by atoms with Gasteiger partial charge >= 0.3 is 13.0 Å². The highest BCUT2D eigenvalue weighted by molar-refractivity contribution is 5.92. The Kier molecular flexibility index (Phi) is 6.80. The van der Waals surface area contributed by atoms with Crippen LogP contribution < -0.4 is 20.5 Å². The number of nitrogens with one attached hydrogen (secondary N) is 1. The fourth-order valence-corrected chi connectivity index (χ4v) is 2.15. The van der Waals surface area contributed by atoms with Crippen LogP contribution in [0.15, 0.2) is 53.5 Å². The van der Waals surface area contributed by atoms with Crippen molar-refractivity contribution in [2.45, 2.75) is 19.4 Å². The molecule has 0 saturated heterocycles. The van der Waals surface area contributed by atoms with Gasteiger partial charge in [0.1, 0.15) is 11.5 Å². The first kappa shape index (κ1) is 20.3. The minimum Gasteiger partial charge on any atom is -0.435 e. The normalized spacial score (nSPS) is 12.1. The molecule has 2 rings (SSSR count). The zero-order valence-electron chi connectivity index (χ0n) is 13.8. The number of benzene rings is 2. The number of guanidine groups is 1. The summed E-state index contributed by atoms with van der Waals surface area (Å²) in [5, 5.41) is 2.70. The van der Waals surface area contributed by atoms with Gasteiger partial charge in [0.15, 0.2) is 5.96 Å². The largest absolute Gasteiger partial charge is 0.573 e. The summed E-state index contributed by atoms with van der Waals surface area (Å²) in [5.41, 5.74) is 6.66. The molecule has 10 heteroatoms. The number of aliphatic imine (C=N–C) groups is 1. The van der Waals surface area contributed by atoms with Crippen LogP contribution in [-0.2, 0) is 6.42 Å². The summed E-state index contributed by atoms with van der Waals surface area (Å²) in [6, 6.07) is 11.3. The van der Waals surface area contributed by atoms with Gasteiger partial charge in [0, 0.05) is 12.2 Å². The molecular weight excluding hydrogens is 373 g/mol. The number of rotatable bonds is 7. The van der Waals surface area contributed by atoms with Gasteiger partial charge in [-0.3, -0.25) is 4.99 Å². The van der Waals surface area contributed by atoms with Crippen LogP contribution in [0.4, 0.5) is 27.6 Å². The minimum atomic E-state index is -4.76. The van der Waals surface area contributed by atoms with Gasteiger partial charge in [-0.05, 0) is 42.3 Å². The third-order valence-corrected chi connectivity index (χ3v) is 3.21. The molecule has 2 aromatic rings. The number of hydrogen-bond acceptors (Lipinski definition) is 3. The van der Waals surface area contributed by atoms with Crippen molar-refractivity contribution in [2.75, 3.05) is 11.9 Å². The number of ether oxygens (including phenoxy) is 2. The number of anilines is 1. The Morgan fingerprint density at radius 1 is 1.07 bits per heavy atom. The van der Waals surface area contributed by atoms with Gasteiger partial charge in [-0.15, -0.1) is 13.2 Å². The molecule has 0 radical (unpaired) electrons. The van der Waals surface area contributed by atoms with Crippen LogP contribution in [0.3, 0.4) is 0 Å². The topological polar surface area (TPSA) is 68.9 Å². The molecular formula is C17H16F5N3O2. The van der Waals surface area contributed by atoms with Crippen LogP contribution in [0.2, 0.25) is 0 Å². The first-order chi connectivity index (χ1) is 12.7. The van der Waals surface area contributed by atoms with Crippen LogP contribution in [0.5, 0.6) is 11.5 Å². The molecule has 0 heterocycles. The van der Waals surface area contributed by atoms with Crippen molar-refractivity contribution in [3.8, 4) is 11.5 Å². The number of para-hydroxylation sites is 1. The van der Waals surface area contributed by atoms with E-state index in [9.17, 15) is 22.0 Å². The highest BCUT2D eigenvalue weighted by Crippen LogP contribution is 2.24. The third-order valence-electron chi connectivity index (χ3n) is 3.21. The van der Waals surface area contributed by atoms with Crippen molar-refractivity contribution >= 4 is 11.6 Å². The number of halogens is 5. The van der Waals surface area contributed by atoms with Gasteiger partial charge in [-0.2, -0.15) is 8.78 Å². The van der Waals surface area contributed by atoms with E-state index in [1.54, 1.807) is 18.2 Å². The first-order valence-corrected chi connectivity index (χ1v) is 7.68. The lowest BCUT2D eigenvalue weighted by Gasteiger charge is -2.11. The molecule has 3 N–H and O–H groups in total. The Balaban J connectivity index is 1.90. The maximum absolute atomic E-state index is 12.4. The van der Waals surface area contributed by atoms with Crippen molar-refractivity contribution in [1.82, 2.24) is 0 Å². The number of alkyl halides is 5. The van der Waals surface area contributed by atoms with E-state index in [0.717, 1.165) is 12.1 Å².